The van der Waals surface area contributed by atoms with Crippen molar-refractivity contribution in [2.75, 3.05) is 31.1 Å². The van der Waals surface area contributed by atoms with Gasteiger partial charge < -0.3 is 9.88 Å². The molecule has 1 fully saturated rings. The molecule has 5 rings (SSSR count). The molecule has 0 aliphatic carbocycles. The zero-order chi connectivity index (χ0) is 21.4. The van der Waals surface area contributed by atoms with E-state index in [1.807, 2.05) is 43.5 Å². The van der Waals surface area contributed by atoms with Crippen molar-refractivity contribution in [2.24, 2.45) is 0 Å². The monoisotopic (exact) mass is 416 g/mol. The number of aromatic nitrogens is 4. The van der Waals surface area contributed by atoms with E-state index in [4.69, 9.17) is 0 Å². The van der Waals surface area contributed by atoms with Gasteiger partial charge in [0.15, 0.2) is 0 Å². The Balaban J connectivity index is 1.27. The van der Waals surface area contributed by atoms with Gasteiger partial charge in [-0.15, -0.1) is 0 Å². The average molecular weight is 416 g/mol. The van der Waals surface area contributed by atoms with E-state index < -0.39 is 0 Å². The second-order valence-electron chi connectivity index (χ2n) is 7.99. The smallest absolute Gasteiger partial charge is 0.272 e. The van der Waals surface area contributed by atoms with Gasteiger partial charge in [-0.1, -0.05) is 6.92 Å². The van der Waals surface area contributed by atoms with E-state index in [1.165, 1.54) is 0 Å². The van der Waals surface area contributed by atoms with Gasteiger partial charge in [-0.05, 0) is 42.3 Å². The molecule has 0 radical (unpaired) electrons. The molecule has 4 aromatic rings. The molecule has 0 amide bonds. The molecule has 8 nitrogen and oxygen atoms in total. The zero-order valence-corrected chi connectivity index (χ0v) is 17.4. The first-order chi connectivity index (χ1) is 15.1. The van der Waals surface area contributed by atoms with E-state index in [9.17, 15) is 9.59 Å². The van der Waals surface area contributed by atoms with E-state index in [1.54, 1.807) is 6.20 Å². The number of H-pyrrole nitrogens is 2. The van der Waals surface area contributed by atoms with Gasteiger partial charge in [0.25, 0.3) is 11.1 Å². The first-order valence-corrected chi connectivity index (χ1v) is 10.6. The Morgan fingerprint density at radius 1 is 1.00 bits per heavy atom. The van der Waals surface area contributed by atoms with Crippen LogP contribution >= 0.6 is 0 Å². The number of aryl methyl sites for hydroxylation is 1. The van der Waals surface area contributed by atoms with E-state index in [-0.39, 0.29) is 11.1 Å². The largest absolute Gasteiger partial charge is 0.369 e. The normalized spacial score (nSPS) is 15.1. The molecule has 1 aromatic carbocycles. The molecular weight excluding hydrogens is 392 g/mol. The SMILES string of the molecule is CCc1cc2ncc(CN3CCN(c4ccc5c(=O)[nH]ncc5c4)CC3)cc2[nH]c1=O. The number of aromatic amines is 2. The predicted molar refractivity (Wildman–Crippen MR) is 122 cm³/mol. The Labute approximate surface area is 178 Å². The van der Waals surface area contributed by atoms with Crippen LogP contribution in [0.2, 0.25) is 0 Å². The molecular formula is C23H24N6O2. The number of hydrogen-bond donors (Lipinski definition) is 2. The summed E-state index contributed by atoms with van der Waals surface area (Å²) in [6, 6.07) is 9.80. The van der Waals surface area contributed by atoms with Gasteiger partial charge in [-0.3, -0.25) is 19.5 Å². The van der Waals surface area contributed by atoms with E-state index >= 15 is 0 Å². The van der Waals surface area contributed by atoms with Crippen molar-refractivity contribution >= 4 is 27.5 Å². The van der Waals surface area contributed by atoms with Crippen molar-refractivity contribution in [3.63, 3.8) is 0 Å². The van der Waals surface area contributed by atoms with Gasteiger partial charge in [0.05, 0.1) is 22.6 Å². The molecule has 4 heterocycles. The third kappa shape index (κ3) is 3.82. The molecule has 0 atom stereocenters. The van der Waals surface area contributed by atoms with Crippen LogP contribution in [-0.4, -0.2) is 51.2 Å². The molecule has 0 spiro atoms. The Morgan fingerprint density at radius 2 is 1.84 bits per heavy atom. The lowest BCUT2D eigenvalue weighted by Crippen LogP contribution is -2.46. The fourth-order valence-electron chi connectivity index (χ4n) is 4.22. The highest BCUT2D eigenvalue weighted by Crippen LogP contribution is 2.22. The van der Waals surface area contributed by atoms with Crippen LogP contribution in [0.3, 0.4) is 0 Å². The number of nitrogens with zero attached hydrogens (tertiary/aromatic N) is 4. The molecule has 0 unspecified atom stereocenters. The quantitative estimate of drug-likeness (QED) is 0.528. The maximum atomic E-state index is 12.1. The van der Waals surface area contributed by atoms with Crippen molar-refractivity contribution in [1.29, 1.82) is 0 Å². The fraction of sp³-hybridized carbons (Fsp3) is 0.304. The third-order valence-corrected chi connectivity index (χ3v) is 6.00. The van der Waals surface area contributed by atoms with Crippen molar-refractivity contribution in [1.82, 2.24) is 25.1 Å². The lowest BCUT2D eigenvalue weighted by Gasteiger charge is -2.36. The minimum absolute atomic E-state index is 0.0323. The molecule has 1 saturated heterocycles. The molecule has 0 bridgehead atoms. The van der Waals surface area contributed by atoms with Gasteiger partial charge in [-0.25, -0.2) is 5.10 Å². The number of nitrogens with one attached hydrogen (secondary N) is 2. The Kier molecular flexibility index (Phi) is 4.99. The maximum absolute atomic E-state index is 12.1. The summed E-state index contributed by atoms with van der Waals surface area (Å²) in [5, 5.41) is 7.88. The van der Waals surface area contributed by atoms with Crippen LogP contribution in [0.4, 0.5) is 5.69 Å². The van der Waals surface area contributed by atoms with E-state index in [0.717, 1.165) is 66.0 Å². The summed E-state index contributed by atoms with van der Waals surface area (Å²) in [4.78, 5) is 36.2. The van der Waals surface area contributed by atoms with Crippen LogP contribution in [0.1, 0.15) is 18.1 Å². The number of piperazine rings is 1. The highest BCUT2D eigenvalue weighted by atomic mass is 16.1. The molecule has 158 valence electrons. The predicted octanol–water partition coefficient (Wildman–Crippen LogP) is 2.04. The van der Waals surface area contributed by atoms with Gasteiger partial charge >= 0.3 is 0 Å². The van der Waals surface area contributed by atoms with Crippen molar-refractivity contribution in [2.45, 2.75) is 19.9 Å². The van der Waals surface area contributed by atoms with Gasteiger partial charge in [0.1, 0.15) is 0 Å². The first kappa shape index (κ1) is 19.4. The Morgan fingerprint density at radius 3 is 2.65 bits per heavy atom. The first-order valence-electron chi connectivity index (χ1n) is 10.6. The molecule has 2 N–H and O–H groups in total. The summed E-state index contributed by atoms with van der Waals surface area (Å²) < 4.78 is 0. The number of anilines is 1. The van der Waals surface area contributed by atoms with E-state index in [2.05, 4.69) is 30.0 Å². The number of pyridine rings is 2. The minimum atomic E-state index is -0.162. The van der Waals surface area contributed by atoms with Crippen molar-refractivity contribution in [3.05, 3.63) is 74.6 Å². The summed E-state index contributed by atoms with van der Waals surface area (Å²) in [6.07, 6.45) is 4.29. The summed E-state index contributed by atoms with van der Waals surface area (Å²) in [6.45, 7) is 6.42. The fourth-order valence-corrected chi connectivity index (χ4v) is 4.22. The van der Waals surface area contributed by atoms with Gasteiger partial charge in [-0.2, -0.15) is 5.10 Å². The Hall–Kier alpha value is -3.52. The number of benzene rings is 1. The van der Waals surface area contributed by atoms with Crippen LogP contribution < -0.4 is 16.0 Å². The van der Waals surface area contributed by atoms with Crippen LogP contribution in [0, 0.1) is 0 Å². The zero-order valence-electron chi connectivity index (χ0n) is 17.4. The molecule has 1 aliphatic rings. The number of hydrogen-bond acceptors (Lipinski definition) is 6. The van der Waals surface area contributed by atoms with Gasteiger partial charge in [0.2, 0.25) is 0 Å². The lowest BCUT2D eigenvalue weighted by atomic mass is 10.1. The van der Waals surface area contributed by atoms with Crippen LogP contribution in [0.5, 0.6) is 0 Å². The summed E-state index contributed by atoms with van der Waals surface area (Å²) in [7, 11) is 0. The maximum Gasteiger partial charge on any atom is 0.272 e. The summed E-state index contributed by atoms with van der Waals surface area (Å²) in [5.74, 6) is 0. The van der Waals surface area contributed by atoms with Crippen LogP contribution in [0.25, 0.3) is 21.8 Å². The third-order valence-electron chi connectivity index (χ3n) is 6.00. The van der Waals surface area contributed by atoms with Gasteiger partial charge in [0, 0.05) is 55.6 Å². The van der Waals surface area contributed by atoms with E-state index in [0.29, 0.717) is 11.8 Å². The molecule has 1 aliphatic heterocycles. The van der Waals surface area contributed by atoms with Crippen LogP contribution in [0.15, 0.2) is 52.3 Å². The second-order valence-corrected chi connectivity index (χ2v) is 7.99. The van der Waals surface area contributed by atoms with Crippen LogP contribution in [-0.2, 0) is 13.0 Å². The molecule has 31 heavy (non-hydrogen) atoms. The lowest BCUT2D eigenvalue weighted by molar-refractivity contribution is 0.250. The highest BCUT2D eigenvalue weighted by molar-refractivity contribution is 5.84. The number of fused-ring (bicyclic) bond motifs is 2. The standard InChI is InChI=1S/C23H24N6O2/c1-2-16-11-20-21(26-22(16)30)9-15(12-24-20)14-28-5-7-29(8-6-28)18-3-4-19-17(10-18)13-25-27-23(19)31/h3-4,9-13H,2,5-8,14H2,1H3,(H,26,30)(H,27,31). The Bertz CT molecular complexity index is 1370. The summed E-state index contributed by atoms with van der Waals surface area (Å²) in [5.41, 5.74) is 4.39. The topological polar surface area (TPSA) is 98.0 Å². The van der Waals surface area contributed by atoms with Crippen molar-refractivity contribution in [3.8, 4) is 0 Å². The molecule has 8 heteroatoms. The highest BCUT2D eigenvalue weighted by Gasteiger charge is 2.18. The second kappa shape index (κ2) is 7.96. The molecule has 3 aromatic heterocycles. The molecule has 0 saturated carbocycles. The average Bonchev–Trinajstić information content (AvgIpc) is 2.79. The minimum Gasteiger partial charge on any atom is -0.369 e. The summed E-state index contributed by atoms with van der Waals surface area (Å²) >= 11 is 0. The van der Waals surface area contributed by atoms with Crippen molar-refractivity contribution < 1.29 is 0 Å². The number of rotatable bonds is 4.